The largest absolute Gasteiger partial charge is 0.507 e. The van der Waals surface area contributed by atoms with Crippen molar-refractivity contribution in [2.75, 3.05) is 38.2 Å². The molecule has 0 amide bonds. The van der Waals surface area contributed by atoms with Crippen molar-refractivity contribution in [1.82, 2.24) is 9.88 Å². The molecule has 4 aromatic rings. The Bertz CT molecular complexity index is 1360. The number of methoxy groups -OCH3 is 1. The van der Waals surface area contributed by atoms with Crippen LogP contribution in [0.4, 0.5) is 5.82 Å². The smallest absolute Gasteiger partial charge is 0.344 e. The summed E-state index contributed by atoms with van der Waals surface area (Å²) in [4.78, 5) is 22.0. The maximum atomic E-state index is 13.1. The van der Waals surface area contributed by atoms with Gasteiger partial charge < -0.3 is 19.2 Å². The van der Waals surface area contributed by atoms with Crippen LogP contribution in [0, 0.1) is 6.92 Å². The Labute approximate surface area is 197 Å². The summed E-state index contributed by atoms with van der Waals surface area (Å²) in [6.07, 6.45) is 1.81. The minimum Gasteiger partial charge on any atom is -0.507 e. The molecular formula is C27H27N3O4. The Morgan fingerprint density at radius 2 is 1.79 bits per heavy atom. The SMILES string of the molecule is COc1ccc(-c2c(C)c3ccc(O)c(CN4CCN(c5ccccn5)CC4)c3oc2=O)cc1. The van der Waals surface area contributed by atoms with Crippen LogP contribution in [0.1, 0.15) is 11.1 Å². The Morgan fingerprint density at radius 3 is 2.47 bits per heavy atom. The minimum atomic E-state index is -0.415. The van der Waals surface area contributed by atoms with Crippen molar-refractivity contribution in [2.45, 2.75) is 13.5 Å². The van der Waals surface area contributed by atoms with E-state index >= 15 is 0 Å². The van der Waals surface area contributed by atoms with E-state index in [1.807, 2.05) is 55.5 Å². The van der Waals surface area contributed by atoms with Crippen molar-refractivity contribution in [3.8, 4) is 22.6 Å². The van der Waals surface area contributed by atoms with Gasteiger partial charge >= 0.3 is 5.63 Å². The number of ether oxygens (including phenoxy) is 1. The maximum Gasteiger partial charge on any atom is 0.344 e. The Kier molecular flexibility index (Phi) is 5.94. The predicted molar refractivity (Wildman–Crippen MR) is 133 cm³/mol. The Hall–Kier alpha value is -3.84. The number of piperazine rings is 1. The van der Waals surface area contributed by atoms with Crippen LogP contribution in [-0.2, 0) is 6.54 Å². The standard InChI is InChI=1S/C27H27N3O4/c1-18-21-10-11-23(31)22(17-29-13-15-30(16-14-29)24-5-3-4-12-28-24)26(21)34-27(32)25(18)19-6-8-20(33-2)9-7-19/h3-12,31H,13-17H2,1-2H3. The quantitative estimate of drug-likeness (QED) is 0.450. The fraction of sp³-hybridized carbons (Fsp3) is 0.259. The van der Waals surface area contributed by atoms with E-state index in [9.17, 15) is 9.90 Å². The van der Waals surface area contributed by atoms with Crippen molar-refractivity contribution in [2.24, 2.45) is 0 Å². The lowest BCUT2D eigenvalue weighted by Crippen LogP contribution is -2.46. The lowest BCUT2D eigenvalue weighted by atomic mass is 9.97. The number of hydrogen-bond acceptors (Lipinski definition) is 7. The van der Waals surface area contributed by atoms with Gasteiger partial charge in [-0.05, 0) is 54.4 Å². The molecule has 0 spiro atoms. The van der Waals surface area contributed by atoms with Crippen molar-refractivity contribution in [3.05, 3.63) is 82.3 Å². The fourth-order valence-electron chi connectivity index (χ4n) is 4.61. The van der Waals surface area contributed by atoms with E-state index in [-0.39, 0.29) is 5.75 Å². The summed E-state index contributed by atoms with van der Waals surface area (Å²) in [6, 6.07) is 16.8. The zero-order valence-corrected chi connectivity index (χ0v) is 19.3. The van der Waals surface area contributed by atoms with Crippen LogP contribution in [0.3, 0.4) is 0 Å². The molecule has 0 radical (unpaired) electrons. The highest BCUT2D eigenvalue weighted by Gasteiger charge is 2.22. The van der Waals surface area contributed by atoms with Gasteiger partial charge in [-0.1, -0.05) is 18.2 Å². The molecule has 0 bridgehead atoms. The first-order chi connectivity index (χ1) is 16.5. The van der Waals surface area contributed by atoms with E-state index in [0.29, 0.717) is 23.3 Å². The Balaban J connectivity index is 1.44. The number of fused-ring (bicyclic) bond motifs is 1. The van der Waals surface area contributed by atoms with Gasteiger partial charge in [0.1, 0.15) is 22.9 Å². The molecule has 34 heavy (non-hydrogen) atoms. The Morgan fingerprint density at radius 1 is 1.03 bits per heavy atom. The molecule has 5 rings (SSSR count). The molecule has 0 unspecified atom stereocenters. The van der Waals surface area contributed by atoms with Crippen molar-refractivity contribution < 1.29 is 14.3 Å². The van der Waals surface area contributed by atoms with Crippen molar-refractivity contribution in [1.29, 1.82) is 0 Å². The molecule has 1 N–H and O–H groups in total. The molecule has 0 aliphatic carbocycles. The highest BCUT2D eigenvalue weighted by Crippen LogP contribution is 2.33. The molecule has 0 saturated carbocycles. The van der Waals surface area contributed by atoms with Gasteiger partial charge in [0, 0.05) is 44.3 Å². The molecule has 2 aromatic carbocycles. The number of hydrogen-bond donors (Lipinski definition) is 1. The highest BCUT2D eigenvalue weighted by atomic mass is 16.5. The number of aromatic nitrogens is 1. The van der Waals surface area contributed by atoms with Gasteiger partial charge in [0.05, 0.1) is 18.2 Å². The zero-order valence-electron chi connectivity index (χ0n) is 19.3. The number of nitrogens with zero attached hydrogens (tertiary/aromatic N) is 3. The summed E-state index contributed by atoms with van der Waals surface area (Å²) in [7, 11) is 1.61. The van der Waals surface area contributed by atoms with E-state index < -0.39 is 5.63 Å². The number of aryl methyl sites for hydroxylation is 1. The van der Waals surface area contributed by atoms with Gasteiger partial charge in [-0.3, -0.25) is 4.90 Å². The predicted octanol–water partition coefficient (Wildman–Crippen LogP) is 4.20. The molecule has 1 saturated heterocycles. The van der Waals surface area contributed by atoms with E-state index in [1.165, 1.54) is 0 Å². The molecule has 7 heteroatoms. The molecule has 1 fully saturated rings. The van der Waals surface area contributed by atoms with E-state index in [2.05, 4.69) is 14.8 Å². The van der Waals surface area contributed by atoms with E-state index in [4.69, 9.17) is 9.15 Å². The third-order valence-corrected chi connectivity index (χ3v) is 6.52. The second-order valence-corrected chi connectivity index (χ2v) is 8.51. The number of benzene rings is 2. The third-order valence-electron chi connectivity index (χ3n) is 6.52. The topological polar surface area (TPSA) is 79.0 Å². The number of rotatable bonds is 5. The second kappa shape index (κ2) is 9.19. The van der Waals surface area contributed by atoms with E-state index in [0.717, 1.165) is 54.3 Å². The molecular weight excluding hydrogens is 430 g/mol. The van der Waals surface area contributed by atoms with Gasteiger partial charge in [0.2, 0.25) is 0 Å². The van der Waals surface area contributed by atoms with Gasteiger partial charge in [-0.25, -0.2) is 9.78 Å². The highest BCUT2D eigenvalue weighted by molar-refractivity contribution is 5.89. The molecule has 1 aliphatic heterocycles. The number of phenols is 1. The molecule has 1 aliphatic rings. The number of aromatic hydroxyl groups is 1. The zero-order chi connectivity index (χ0) is 23.7. The van der Waals surface area contributed by atoms with Crippen LogP contribution < -0.4 is 15.3 Å². The summed E-state index contributed by atoms with van der Waals surface area (Å²) < 4.78 is 11.1. The van der Waals surface area contributed by atoms with Crippen LogP contribution in [0.15, 0.2) is 70.0 Å². The van der Waals surface area contributed by atoms with Crippen LogP contribution in [0.25, 0.3) is 22.1 Å². The number of phenolic OH excluding ortho intramolecular Hbond substituents is 1. The van der Waals surface area contributed by atoms with Gasteiger partial charge in [-0.2, -0.15) is 0 Å². The summed E-state index contributed by atoms with van der Waals surface area (Å²) in [5.74, 6) is 1.84. The summed E-state index contributed by atoms with van der Waals surface area (Å²) in [5, 5.41) is 11.5. The maximum absolute atomic E-state index is 13.1. The average molecular weight is 458 g/mol. The average Bonchev–Trinajstić information content (AvgIpc) is 2.87. The fourth-order valence-corrected chi connectivity index (χ4v) is 4.61. The summed E-state index contributed by atoms with van der Waals surface area (Å²) in [5.41, 5.74) is 2.81. The number of pyridine rings is 1. The second-order valence-electron chi connectivity index (χ2n) is 8.51. The van der Waals surface area contributed by atoms with Gasteiger partial charge in [-0.15, -0.1) is 0 Å². The summed E-state index contributed by atoms with van der Waals surface area (Å²) >= 11 is 0. The van der Waals surface area contributed by atoms with E-state index in [1.54, 1.807) is 19.4 Å². The first-order valence-electron chi connectivity index (χ1n) is 11.4. The van der Waals surface area contributed by atoms with Crippen molar-refractivity contribution in [3.63, 3.8) is 0 Å². The third kappa shape index (κ3) is 4.10. The molecule has 174 valence electrons. The number of anilines is 1. The lowest BCUT2D eigenvalue weighted by Gasteiger charge is -2.35. The molecule has 0 atom stereocenters. The minimum absolute atomic E-state index is 0.138. The lowest BCUT2D eigenvalue weighted by molar-refractivity contribution is 0.246. The first kappa shape index (κ1) is 22.0. The van der Waals surface area contributed by atoms with Crippen molar-refractivity contribution >= 4 is 16.8 Å². The molecule has 3 heterocycles. The first-order valence-corrected chi connectivity index (χ1v) is 11.4. The normalized spacial score (nSPS) is 14.5. The van der Waals surface area contributed by atoms with Crippen LogP contribution in [0.2, 0.25) is 0 Å². The summed E-state index contributed by atoms with van der Waals surface area (Å²) in [6.45, 7) is 5.74. The van der Waals surface area contributed by atoms with Crippen LogP contribution >= 0.6 is 0 Å². The van der Waals surface area contributed by atoms with Crippen LogP contribution in [-0.4, -0.2) is 48.3 Å². The molecule has 7 nitrogen and oxygen atoms in total. The molecule has 2 aromatic heterocycles. The van der Waals surface area contributed by atoms with Gasteiger partial charge in [0.25, 0.3) is 0 Å². The van der Waals surface area contributed by atoms with Crippen LogP contribution in [0.5, 0.6) is 11.5 Å². The monoisotopic (exact) mass is 457 g/mol. The van der Waals surface area contributed by atoms with Gasteiger partial charge in [0.15, 0.2) is 0 Å².